The summed E-state index contributed by atoms with van der Waals surface area (Å²) in [6.07, 6.45) is 0. The van der Waals surface area contributed by atoms with Crippen molar-refractivity contribution in [2.24, 2.45) is 7.05 Å². The Morgan fingerprint density at radius 1 is 1.26 bits per heavy atom. The normalized spacial score (nSPS) is 10.6. The van der Waals surface area contributed by atoms with Crippen LogP contribution < -0.4 is 5.73 Å². The number of thioether (sulfide) groups is 1. The van der Waals surface area contributed by atoms with Crippen LogP contribution in [0.1, 0.15) is 31.4 Å². The van der Waals surface area contributed by atoms with Gasteiger partial charge in [0.05, 0.1) is 19.8 Å². The number of carbonyl (C=O) groups excluding carboxylic acids is 2. The van der Waals surface area contributed by atoms with E-state index in [1.165, 1.54) is 26.0 Å². The summed E-state index contributed by atoms with van der Waals surface area (Å²) in [6.45, 7) is 1.83. The molecule has 0 saturated carbocycles. The van der Waals surface area contributed by atoms with Crippen molar-refractivity contribution in [3.05, 3.63) is 21.8 Å². The zero-order valence-electron chi connectivity index (χ0n) is 13.1. The molecule has 2 heterocycles. The van der Waals surface area contributed by atoms with Crippen molar-refractivity contribution in [3.8, 4) is 0 Å². The number of methoxy groups -OCH3 is 2. The number of aryl methyl sites for hydroxylation is 1. The highest BCUT2D eigenvalue weighted by molar-refractivity contribution is 7.98. The van der Waals surface area contributed by atoms with Gasteiger partial charge in [0.25, 0.3) is 0 Å². The topological polar surface area (TPSA) is 109 Å². The highest BCUT2D eigenvalue weighted by Gasteiger charge is 2.27. The van der Waals surface area contributed by atoms with Gasteiger partial charge in [-0.1, -0.05) is 11.8 Å². The number of ether oxygens (including phenoxy) is 2. The zero-order chi connectivity index (χ0) is 17.1. The van der Waals surface area contributed by atoms with Crippen LogP contribution in [0.5, 0.6) is 0 Å². The Hall–Kier alpha value is -2.07. The molecule has 8 nitrogen and oxygen atoms in total. The summed E-state index contributed by atoms with van der Waals surface area (Å²) in [5.41, 5.74) is 6.56. The summed E-state index contributed by atoms with van der Waals surface area (Å²) in [6, 6.07) is 0. The van der Waals surface area contributed by atoms with Crippen LogP contribution in [0.3, 0.4) is 0 Å². The number of anilines is 1. The molecule has 0 atom stereocenters. The molecular formula is C13H16N4O4S2. The van der Waals surface area contributed by atoms with Crippen molar-refractivity contribution in [2.75, 3.05) is 20.0 Å². The minimum atomic E-state index is -0.585. The van der Waals surface area contributed by atoms with E-state index in [1.807, 2.05) is 18.5 Å². The summed E-state index contributed by atoms with van der Waals surface area (Å²) in [4.78, 5) is 24.2. The molecule has 23 heavy (non-hydrogen) atoms. The number of thiophene rings is 1. The van der Waals surface area contributed by atoms with Gasteiger partial charge in [0.1, 0.15) is 15.7 Å². The second kappa shape index (κ2) is 7.01. The lowest BCUT2D eigenvalue weighted by molar-refractivity contribution is 0.0601. The van der Waals surface area contributed by atoms with Crippen LogP contribution in [-0.4, -0.2) is 40.9 Å². The fourth-order valence-electron chi connectivity index (χ4n) is 1.86. The van der Waals surface area contributed by atoms with Gasteiger partial charge in [-0.3, -0.25) is 0 Å². The highest BCUT2D eigenvalue weighted by Crippen LogP contribution is 2.36. The van der Waals surface area contributed by atoms with Crippen molar-refractivity contribution in [3.63, 3.8) is 0 Å². The molecule has 0 radical (unpaired) electrons. The first-order valence-corrected chi connectivity index (χ1v) is 8.27. The number of hydrogen-bond acceptors (Lipinski definition) is 9. The van der Waals surface area contributed by atoms with Gasteiger partial charge in [-0.25, -0.2) is 9.59 Å². The van der Waals surface area contributed by atoms with Crippen molar-refractivity contribution < 1.29 is 19.1 Å². The Morgan fingerprint density at radius 2 is 1.91 bits per heavy atom. The van der Waals surface area contributed by atoms with Gasteiger partial charge in [-0.05, 0) is 6.92 Å². The highest BCUT2D eigenvalue weighted by atomic mass is 32.2. The maximum absolute atomic E-state index is 12.0. The number of rotatable bonds is 5. The Bertz CT molecular complexity index is 753. The number of aromatic nitrogens is 3. The Labute approximate surface area is 141 Å². The lowest BCUT2D eigenvalue weighted by atomic mass is 10.1. The van der Waals surface area contributed by atoms with E-state index in [1.54, 1.807) is 0 Å². The third kappa shape index (κ3) is 3.32. The smallest absolute Gasteiger partial charge is 0.348 e. The van der Waals surface area contributed by atoms with E-state index < -0.39 is 11.9 Å². The number of esters is 2. The lowest BCUT2D eigenvalue weighted by Crippen LogP contribution is -2.08. The number of nitrogens with zero attached hydrogens (tertiary/aromatic N) is 3. The van der Waals surface area contributed by atoms with Gasteiger partial charge < -0.3 is 19.8 Å². The number of carbonyl (C=O) groups is 2. The van der Waals surface area contributed by atoms with E-state index in [9.17, 15) is 9.59 Å². The average molecular weight is 356 g/mol. The van der Waals surface area contributed by atoms with Crippen LogP contribution in [0.4, 0.5) is 5.00 Å². The second-order valence-electron chi connectivity index (χ2n) is 4.51. The SMILES string of the molecule is COC(=O)c1sc(N)c(C(=O)OC)c1CSc1nnc(C)n1C. The predicted molar refractivity (Wildman–Crippen MR) is 86.7 cm³/mol. The molecule has 0 aliphatic carbocycles. The number of nitrogens with two attached hydrogens (primary N) is 1. The first-order chi connectivity index (χ1) is 10.9. The molecule has 2 rings (SSSR count). The molecule has 0 fully saturated rings. The molecule has 0 saturated heterocycles. The van der Waals surface area contributed by atoms with Crippen LogP contribution >= 0.6 is 23.1 Å². The molecule has 0 aliphatic rings. The zero-order valence-corrected chi connectivity index (χ0v) is 14.7. The van der Waals surface area contributed by atoms with Gasteiger partial charge in [0.2, 0.25) is 0 Å². The van der Waals surface area contributed by atoms with E-state index >= 15 is 0 Å². The molecule has 124 valence electrons. The third-order valence-electron chi connectivity index (χ3n) is 3.19. The summed E-state index contributed by atoms with van der Waals surface area (Å²) < 4.78 is 11.3. The van der Waals surface area contributed by atoms with Gasteiger partial charge >= 0.3 is 11.9 Å². The third-order valence-corrected chi connectivity index (χ3v) is 5.28. The average Bonchev–Trinajstić information content (AvgIpc) is 3.04. The van der Waals surface area contributed by atoms with Crippen LogP contribution in [0.25, 0.3) is 0 Å². The molecule has 2 aromatic rings. The first kappa shape index (κ1) is 17.3. The van der Waals surface area contributed by atoms with Crippen molar-refractivity contribution in [2.45, 2.75) is 17.8 Å². The summed E-state index contributed by atoms with van der Waals surface area (Å²) >= 11 is 2.35. The van der Waals surface area contributed by atoms with Crippen LogP contribution in [0, 0.1) is 6.92 Å². The molecule has 2 N–H and O–H groups in total. The first-order valence-electron chi connectivity index (χ1n) is 6.47. The maximum Gasteiger partial charge on any atom is 0.348 e. The molecule has 0 aliphatic heterocycles. The predicted octanol–water partition coefficient (Wildman–Crippen LogP) is 1.63. The molecule has 10 heteroatoms. The van der Waals surface area contributed by atoms with Crippen LogP contribution in [-0.2, 0) is 22.3 Å². The second-order valence-corrected chi connectivity index (χ2v) is 6.50. The minimum absolute atomic E-state index is 0.198. The number of nitrogen functional groups attached to an aromatic ring is 1. The van der Waals surface area contributed by atoms with Crippen LogP contribution in [0.15, 0.2) is 5.16 Å². The fraction of sp³-hybridized carbons (Fsp3) is 0.385. The summed E-state index contributed by atoms with van der Waals surface area (Å²) in [5, 5.41) is 8.90. The van der Waals surface area contributed by atoms with E-state index in [0.717, 1.165) is 17.2 Å². The van der Waals surface area contributed by atoms with Gasteiger partial charge in [-0.2, -0.15) is 0 Å². The standard InChI is InChI=1S/C13H16N4O4S2/c1-6-15-16-13(17(6)2)22-5-7-8(11(18)20-3)10(14)23-9(7)12(19)21-4/h5,14H2,1-4H3. The summed E-state index contributed by atoms with van der Waals surface area (Å²) in [5.74, 6) is -0.0480. The molecule has 0 amide bonds. The van der Waals surface area contributed by atoms with Gasteiger partial charge in [0.15, 0.2) is 5.16 Å². The Morgan fingerprint density at radius 3 is 2.43 bits per heavy atom. The van der Waals surface area contributed by atoms with Crippen molar-refractivity contribution in [1.29, 1.82) is 0 Å². The maximum atomic E-state index is 12.0. The molecule has 0 spiro atoms. The molecule has 0 aromatic carbocycles. The molecule has 2 aromatic heterocycles. The van der Waals surface area contributed by atoms with Gasteiger partial charge in [0, 0.05) is 18.4 Å². The largest absolute Gasteiger partial charge is 0.465 e. The van der Waals surface area contributed by atoms with E-state index in [4.69, 9.17) is 15.2 Å². The van der Waals surface area contributed by atoms with Crippen molar-refractivity contribution >= 4 is 40.0 Å². The molecular weight excluding hydrogens is 340 g/mol. The lowest BCUT2D eigenvalue weighted by Gasteiger charge is -2.06. The van der Waals surface area contributed by atoms with Crippen molar-refractivity contribution in [1.82, 2.24) is 14.8 Å². The van der Waals surface area contributed by atoms with E-state index in [0.29, 0.717) is 16.5 Å². The van der Waals surface area contributed by atoms with Crippen LogP contribution in [0.2, 0.25) is 0 Å². The van der Waals surface area contributed by atoms with E-state index in [-0.39, 0.29) is 15.4 Å². The Kier molecular flexibility index (Phi) is 5.26. The Balaban J connectivity index is 2.39. The van der Waals surface area contributed by atoms with E-state index in [2.05, 4.69) is 10.2 Å². The molecule has 0 bridgehead atoms. The number of hydrogen-bond donors (Lipinski definition) is 1. The summed E-state index contributed by atoms with van der Waals surface area (Å²) in [7, 11) is 4.38. The fourth-order valence-corrected chi connectivity index (χ4v) is 3.93. The quantitative estimate of drug-likeness (QED) is 0.636. The minimum Gasteiger partial charge on any atom is -0.465 e. The monoisotopic (exact) mass is 356 g/mol. The molecule has 0 unspecified atom stereocenters. The van der Waals surface area contributed by atoms with Gasteiger partial charge in [-0.15, -0.1) is 21.5 Å².